The van der Waals surface area contributed by atoms with Crippen LogP contribution in [-0.2, 0) is 20.5 Å². The smallest absolute Gasteiger partial charge is 0.192 e. The predicted molar refractivity (Wildman–Crippen MR) is 154 cm³/mol. The number of fused-ring (bicyclic) bond motifs is 2. The standard InChI is InChI=1S/C31H38O5Si/c1-31(2,3)37(6,7)36-19-22-12-15-26-24(18-22)14-17-28(35-21-33-5)30(26)29-25-11-9-8-10-23(25)13-16-27(29)34-20-32-4/h8-18H,19-21H2,1-7H3. The maximum Gasteiger partial charge on any atom is 0.192 e. The van der Waals surface area contributed by atoms with Gasteiger partial charge in [0.25, 0.3) is 0 Å². The Morgan fingerprint density at radius 1 is 0.676 bits per heavy atom. The first kappa shape index (κ1) is 27.1. The Balaban J connectivity index is 1.88. The van der Waals surface area contributed by atoms with E-state index in [4.69, 9.17) is 23.4 Å². The molecular weight excluding hydrogens is 480 g/mol. The predicted octanol–water partition coefficient (Wildman–Crippen LogP) is 8.15. The Bertz CT molecular complexity index is 1370. The van der Waals surface area contributed by atoms with Gasteiger partial charge in [-0.2, -0.15) is 0 Å². The van der Waals surface area contributed by atoms with Gasteiger partial charge >= 0.3 is 0 Å². The highest BCUT2D eigenvalue weighted by molar-refractivity contribution is 6.74. The minimum absolute atomic E-state index is 0.149. The molecule has 4 aromatic carbocycles. The highest BCUT2D eigenvalue weighted by atomic mass is 28.4. The van der Waals surface area contributed by atoms with Gasteiger partial charge in [-0.15, -0.1) is 0 Å². The molecule has 37 heavy (non-hydrogen) atoms. The second kappa shape index (κ2) is 11.2. The monoisotopic (exact) mass is 518 g/mol. The normalized spacial score (nSPS) is 12.3. The molecule has 0 bridgehead atoms. The average molecular weight is 519 g/mol. The maximum atomic E-state index is 6.51. The average Bonchev–Trinajstić information content (AvgIpc) is 2.88. The van der Waals surface area contributed by atoms with Crippen molar-refractivity contribution in [1.82, 2.24) is 0 Å². The van der Waals surface area contributed by atoms with Crippen molar-refractivity contribution in [1.29, 1.82) is 0 Å². The van der Waals surface area contributed by atoms with Crippen molar-refractivity contribution in [3.05, 3.63) is 72.3 Å². The third-order valence-electron chi connectivity index (χ3n) is 7.26. The summed E-state index contributed by atoms with van der Waals surface area (Å²) in [6, 6.07) is 23.0. The summed E-state index contributed by atoms with van der Waals surface area (Å²) < 4.78 is 29.2. The van der Waals surface area contributed by atoms with Crippen LogP contribution in [0.1, 0.15) is 26.3 Å². The lowest BCUT2D eigenvalue weighted by atomic mass is 9.91. The van der Waals surface area contributed by atoms with Crippen molar-refractivity contribution in [3.63, 3.8) is 0 Å². The molecule has 6 heteroatoms. The lowest BCUT2D eigenvalue weighted by Gasteiger charge is -2.36. The molecule has 0 aliphatic rings. The first-order valence-corrected chi connectivity index (χ1v) is 15.5. The van der Waals surface area contributed by atoms with E-state index in [0.717, 1.165) is 49.7 Å². The summed E-state index contributed by atoms with van der Waals surface area (Å²) in [4.78, 5) is 0. The van der Waals surface area contributed by atoms with E-state index in [1.165, 1.54) is 0 Å². The zero-order valence-corrected chi connectivity index (χ0v) is 24.0. The molecule has 4 aromatic rings. The quantitative estimate of drug-likeness (QED) is 0.157. The van der Waals surface area contributed by atoms with E-state index in [2.05, 4.69) is 76.3 Å². The van der Waals surface area contributed by atoms with Gasteiger partial charge < -0.3 is 23.4 Å². The molecule has 0 atom stereocenters. The van der Waals surface area contributed by atoms with E-state index in [1.807, 2.05) is 24.3 Å². The summed E-state index contributed by atoms with van der Waals surface area (Å²) in [7, 11) is 1.39. The van der Waals surface area contributed by atoms with Crippen LogP contribution < -0.4 is 9.47 Å². The van der Waals surface area contributed by atoms with E-state index in [0.29, 0.717) is 6.61 Å². The largest absolute Gasteiger partial charge is 0.467 e. The lowest BCUT2D eigenvalue weighted by molar-refractivity contribution is 0.0502. The van der Waals surface area contributed by atoms with E-state index in [9.17, 15) is 0 Å². The summed E-state index contributed by atoms with van der Waals surface area (Å²) in [6.45, 7) is 12.3. The Kier molecular flexibility index (Phi) is 8.24. The van der Waals surface area contributed by atoms with Crippen LogP contribution in [0, 0.1) is 0 Å². The molecule has 0 aliphatic carbocycles. The fourth-order valence-corrected chi connectivity index (χ4v) is 5.14. The zero-order valence-electron chi connectivity index (χ0n) is 23.0. The molecule has 0 fully saturated rings. The molecule has 0 N–H and O–H groups in total. The first-order chi connectivity index (χ1) is 17.7. The second-order valence-corrected chi connectivity index (χ2v) is 15.6. The van der Waals surface area contributed by atoms with Crippen LogP contribution in [-0.4, -0.2) is 36.1 Å². The Labute approximate surface area is 221 Å². The van der Waals surface area contributed by atoms with Crippen molar-refractivity contribution in [2.24, 2.45) is 0 Å². The topological polar surface area (TPSA) is 46.2 Å². The molecule has 0 aromatic heterocycles. The number of benzene rings is 4. The highest BCUT2D eigenvalue weighted by Crippen LogP contribution is 2.46. The van der Waals surface area contributed by atoms with Crippen LogP contribution in [0.2, 0.25) is 18.1 Å². The summed E-state index contributed by atoms with van der Waals surface area (Å²) in [6.07, 6.45) is 0. The summed E-state index contributed by atoms with van der Waals surface area (Å²) in [5.41, 5.74) is 3.09. The third-order valence-corrected chi connectivity index (χ3v) is 11.7. The summed E-state index contributed by atoms with van der Waals surface area (Å²) >= 11 is 0. The van der Waals surface area contributed by atoms with Gasteiger partial charge in [0.05, 0.1) is 6.61 Å². The van der Waals surface area contributed by atoms with E-state index in [-0.39, 0.29) is 18.6 Å². The molecule has 0 unspecified atom stereocenters. The molecular formula is C31H38O5Si. The Hall–Kier alpha value is -2.90. The zero-order chi connectivity index (χ0) is 26.6. The Morgan fingerprint density at radius 2 is 1.24 bits per heavy atom. The van der Waals surface area contributed by atoms with Crippen molar-refractivity contribution >= 4 is 29.9 Å². The molecule has 196 valence electrons. The number of methoxy groups -OCH3 is 2. The molecule has 0 heterocycles. The number of rotatable bonds is 10. The van der Waals surface area contributed by atoms with Gasteiger partial charge in [0.15, 0.2) is 21.9 Å². The molecule has 0 saturated heterocycles. The molecule has 0 radical (unpaired) electrons. The van der Waals surface area contributed by atoms with E-state index < -0.39 is 8.32 Å². The highest BCUT2D eigenvalue weighted by Gasteiger charge is 2.37. The molecule has 5 nitrogen and oxygen atoms in total. The molecule has 0 aliphatic heterocycles. The van der Waals surface area contributed by atoms with Gasteiger partial charge in [-0.1, -0.05) is 69.3 Å². The molecule has 0 spiro atoms. The molecule has 0 amide bonds. The third kappa shape index (κ3) is 5.83. The Morgan fingerprint density at radius 3 is 1.84 bits per heavy atom. The van der Waals surface area contributed by atoms with Gasteiger partial charge in [-0.3, -0.25) is 0 Å². The fraction of sp³-hybridized carbons (Fsp3) is 0.355. The molecule has 0 saturated carbocycles. The molecule has 4 rings (SSSR count). The van der Waals surface area contributed by atoms with Gasteiger partial charge in [0, 0.05) is 25.3 Å². The van der Waals surface area contributed by atoms with Crippen LogP contribution >= 0.6 is 0 Å². The van der Waals surface area contributed by atoms with Gasteiger partial charge in [-0.25, -0.2) is 0 Å². The fourth-order valence-electron chi connectivity index (χ4n) is 4.18. The van der Waals surface area contributed by atoms with Crippen molar-refractivity contribution in [2.75, 3.05) is 27.8 Å². The SMILES string of the molecule is COCOc1ccc2ccccc2c1-c1c(OCOC)ccc2cc(CO[Si](C)(C)C(C)(C)C)ccc12. The van der Waals surface area contributed by atoms with Gasteiger partial charge in [0.2, 0.25) is 0 Å². The van der Waals surface area contributed by atoms with Crippen molar-refractivity contribution < 1.29 is 23.4 Å². The van der Waals surface area contributed by atoms with Crippen LogP contribution in [0.25, 0.3) is 32.7 Å². The van der Waals surface area contributed by atoms with E-state index in [1.54, 1.807) is 14.2 Å². The van der Waals surface area contributed by atoms with Gasteiger partial charge in [0.1, 0.15) is 11.5 Å². The minimum atomic E-state index is -1.86. The van der Waals surface area contributed by atoms with Crippen LogP contribution in [0.3, 0.4) is 0 Å². The summed E-state index contributed by atoms with van der Waals surface area (Å²) in [5.74, 6) is 1.47. The van der Waals surface area contributed by atoms with Crippen LogP contribution in [0.15, 0.2) is 66.7 Å². The number of ether oxygens (including phenoxy) is 4. The maximum absolute atomic E-state index is 6.51. The van der Waals surface area contributed by atoms with Gasteiger partial charge in [-0.05, 0) is 63.4 Å². The lowest BCUT2D eigenvalue weighted by Crippen LogP contribution is -2.40. The van der Waals surface area contributed by atoms with Crippen LogP contribution in [0.4, 0.5) is 0 Å². The van der Waals surface area contributed by atoms with Crippen LogP contribution in [0.5, 0.6) is 11.5 Å². The van der Waals surface area contributed by atoms with E-state index >= 15 is 0 Å². The van der Waals surface area contributed by atoms with Crippen molar-refractivity contribution in [2.45, 2.75) is 45.5 Å². The van der Waals surface area contributed by atoms with Crippen molar-refractivity contribution in [3.8, 4) is 22.6 Å². The second-order valence-electron chi connectivity index (χ2n) is 10.8. The first-order valence-electron chi connectivity index (χ1n) is 12.6. The summed E-state index contributed by atoms with van der Waals surface area (Å²) in [5, 5.41) is 4.55. The minimum Gasteiger partial charge on any atom is -0.467 e. The number of hydrogen-bond donors (Lipinski definition) is 0. The number of hydrogen-bond acceptors (Lipinski definition) is 5.